The summed E-state index contributed by atoms with van der Waals surface area (Å²) in [5, 5.41) is 10.5. The molecule has 5 aromatic rings. The third kappa shape index (κ3) is 6.67. The van der Waals surface area contributed by atoms with E-state index in [0.717, 1.165) is 74.0 Å². The van der Waals surface area contributed by atoms with Gasteiger partial charge in [0.1, 0.15) is 34.1 Å². The molecule has 14 heteroatoms. The number of hydrogen-bond donors (Lipinski definition) is 0. The van der Waals surface area contributed by atoms with Gasteiger partial charge in [-0.3, -0.25) is 38.5 Å². The second kappa shape index (κ2) is 14.6. The molecule has 3 aliphatic heterocycles. The van der Waals surface area contributed by atoms with Crippen molar-refractivity contribution in [2.75, 3.05) is 19.7 Å². The molecule has 9 rings (SSSR count). The first-order valence-electron chi connectivity index (χ1n) is 18.8. The van der Waals surface area contributed by atoms with E-state index in [1.54, 1.807) is 29.5 Å². The summed E-state index contributed by atoms with van der Waals surface area (Å²) in [7, 11) is 0. The Morgan fingerprint density at radius 2 is 1.75 bits per heavy atom. The fraction of sp³-hybridized carbons (Fsp3) is 0.302. The molecule has 0 spiro atoms. The van der Waals surface area contributed by atoms with Crippen LogP contribution in [0.5, 0.6) is 5.75 Å². The van der Waals surface area contributed by atoms with Gasteiger partial charge >= 0.3 is 0 Å². The number of rotatable bonds is 7. The number of likely N-dealkylation sites (tertiary alicyclic amines) is 1. The number of pyridine rings is 1. The summed E-state index contributed by atoms with van der Waals surface area (Å²) in [5.74, 6) is 7.19. The van der Waals surface area contributed by atoms with Gasteiger partial charge in [-0.05, 0) is 80.5 Å². The smallest absolute Gasteiger partial charge is 0.266 e. The van der Waals surface area contributed by atoms with Crippen LogP contribution in [0.15, 0.2) is 65.8 Å². The molecule has 4 aliphatic rings. The van der Waals surface area contributed by atoms with Crippen LogP contribution < -0.4 is 4.74 Å². The molecule has 6 heterocycles. The number of imide groups is 1. The van der Waals surface area contributed by atoms with Crippen molar-refractivity contribution < 1.29 is 23.9 Å². The van der Waals surface area contributed by atoms with E-state index in [4.69, 9.17) is 21.3 Å². The van der Waals surface area contributed by atoms with E-state index < -0.39 is 23.6 Å². The first-order valence-corrected chi connectivity index (χ1v) is 20.0. The summed E-state index contributed by atoms with van der Waals surface area (Å²) in [4.78, 5) is 64.9. The number of carbonyl (C=O) groups is 4. The molecule has 0 radical (unpaired) electrons. The molecule has 1 unspecified atom stereocenters. The molecule has 3 aromatic heterocycles. The fourth-order valence-corrected chi connectivity index (χ4v) is 9.34. The van der Waals surface area contributed by atoms with Crippen LogP contribution in [0.4, 0.5) is 0 Å². The van der Waals surface area contributed by atoms with Crippen LogP contribution in [-0.4, -0.2) is 84.4 Å². The Kier molecular flexibility index (Phi) is 9.43. The molecule has 12 nitrogen and oxygen atoms in total. The van der Waals surface area contributed by atoms with E-state index in [1.165, 1.54) is 0 Å². The lowest BCUT2D eigenvalue weighted by atomic mass is 9.92. The molecule has 0 N–H and O–H groups in total. The van der Waals surface area contributed by atoms with Crippen molar-refractivity contribution >= 4 is 52.0 Å². The average Bonchev–Trinajstić information content (AvgIpc) is 3.78. The van der Waals surface area contributed by atoms with E-state index in [-0.39, 0.29) is 48.1 Å². The molecule has 0 bridgehead atoms. The summed E-state index contributed by atoms with van der Waals surface area (Å²) in [6, 6.07) is 15.6. The monoisotopic (exact) mass is 797 g/mol. The minimum atomic E-state index is -0.914. The zero-order valence-corrected chi connectivity index (χ0v) is 33.0. The van der Waals surface area contributed by atoms with Crippen molar-refractivity contribution in [3.63, 3.8) is 0 Å². The maximum absolute atomic E-state index is 13.4. The summed E-state index contributed by atoms with van der Waals surface area (Å²) < 4.78 is 8.20. The zero-order valence-electron chi connectivity index (χ0n) is 31.4. The largest absolute Gasteiger partial charge is 0.492 e. The lowest BCUT2D eigenvalue weighted by Crippen LogP contribution is -2.48. The van der Waals surface area contributed by atoms with Gasteiger partial charge in [-0.1, -0.05) is 35.9 Å². The molecule has 2 amide bonds. The van der Waals surface area contributed by atoms with Gasteiger partial charge < -0.3 is 4.74 Å². The van der Waals surface area contributed by atoms with Gasteiger partial charge in [0.25, 0.3) is 11.8 Å². The number of ether oxygens (including phenoxy) is 1. The Morgan fingerprint density at radius 3 is 2.51 bits per heavy atom. The quantitative estimate of drug-likeness (QED) is 0.109. The van der Waals surface area contributed by atoms with Crippen molar-refractivity contribution in [2.24, 2.45) is 10.9 Å². The lowest BCUT2D eigenvalue weighted by molar-refractivity contribution is -0.132. The molecule has 1 saturated carbocycles. The Bertz CT molecular complexity index is 2600. The van der Waals surface area contributed by atoms with Gasteiger partial charge in [0, 0.05) is 54.3 Å². The minimum absolute atomic E-state index is 0.161. The topological polar surface area (TPSA) is 140 Å². The van der Waals surface area contributed by atoms with Gasteiger partial charge in [-0.15, -0.1) is 21.5 Å². The van der Waals surface area contributed by atoms with Crippen molar-refractivity contribution in [2.45, 2.75) is 58.7 Å². The number of ketones is 2. The van der Waals surface area contributed by atoms with Crippen LogP contribution in [0.1, 0.15) is 97.4 Å². The number of hydrogen-bond acceptors (Lipinski definition) is 11. The highest BCUT2D eigenvalue weighted by atomic mass is 35.5. The highest BCUT2D eigenvalue weighted by Crippen LogP contribution is 2.39. The number of fused-ring (bicyclic) bond motifs is 4. The summed E-state index contributed by atoms with van der Waals surface area (Å²) in [6.45, 7) is 8.77. The molecule has 1 saturated heterocycles. The van der Waals surface area contributed by atoms with Crippen LogP contribution in [0, 0.1) is 31.6 Å². The fourth-order valence-electron chi connectivity index (χ4n) is 7.99. The molecule has 2 atom stereocenters. The number of carbonyl (C=O) groups excluding carboxylic acids is 4. The van der Waals surface area contributed by atoms with E-state index in [0.29, 0.717) is 23.1 Å². The van der Waals surface area contributed by atoms with Gasteiger partial charge in [-0.25, -0.2) is 4.98 Å². The Morgan fingerprint density at radius 1 is 0.947 bits per heavy atom. The number of thiophene rings is 1. The normalized spacial score (nSPS) is 19.3. The number of halogens is 1. The van der Waals surface area contributed by atoms with Gasteiger partial charge in [-0.2, -0.15) is 0 Å². The second-order valence-corrected chi connectivity index (χ2v) is 16.3. The zero-order chi connectivity index (χ0) is 39.5. The summed E-state index contributed by atoms with van der Waals surface area (Å²) in [6.07, 6.45) is 1.94. The maximum Gasteiger partial charge on any atom is 0.266 e. The van der Waals surface area contributed by atoms with Crippen molar-refractivity contribution in [3.8, 4) is 22.6 Å². The van der Waals surface area contributed by atoms with E-state index >= 15 is 0 Å². The van der Waals surface area contributed by atoms with Gasteiger partial charge in [0.2, 0.25) is 0 Å². The third-order valence-electron chi connectivity index (χ3n) is 10.9. The average molecular weight is 798 g/mol. The number of benzene rings is 2. The number of Topliss-reactive ketones (excluding diaryl/α,β-unsaturated/α-hetero) is 2. The Hall–Kier alpha value is -5.81. The van der Waals surface area contributed by atoms with E-state index in [9.17, 15) is 19.2 Å². The first-order chi connectivity index (χ1) is 27.5. The van der Waals surface area contributed by atoms with Crippen molar-refractivity contribution in [3.05, 3.63) is 121 Å². The van der Waals surface area contributed by atoms with Crippen LogP contribution in [-0.2, 0) is 16.1 Å². The number of aromatic nitrogens is 4. The third-order valence-corrected chi connectivity index (χ3v) is 12.4. The molecular formula is C43H36ClN7O5S. The molecule has 1 aliphatic carbocycles. The predicted octanol–water partition coefficient (Wildman–Crippen LogP) is 6.10. The van der Waals surface area contributed by atoms with Crippen LogP contribution in [0.2, 0.25) is 5.02 Å². The minimum Gasteiger partial charge on any atom is -0.492 e. The van der Waals surface area contributed by atoms with Crippen molar-refractivity contribution in [1.82, 2.24) is 29.5 Å². The highest BCUT2D eigenvalue weighted by molar-refractivity contribution is 7.15. The number of aryl methyl sites for hydroxylation is 1. The van der Waals surface area contributed by atoms with E-state index in [2.05, 4.69) is 43.4 Å². The van der Waals surface area contributed by atoms with Gasteiger partial charge in [0.15, 0.2) is 11.6 Å². The molecule has 286 valence electrons. The predicted molar refractivity (Wildman–Crippen MR) is 213 cm³/mol. The van der Waals surface area contributed by atoms with Crippen LogP contribution >= 0.6 is 22.9 Å². The molecule has 2 aromatic carbocycles. The lowest BCUT2D eigenvalue weighted by Gasteiger charge is -2.39. The molecule has 2 fully saturated rings. The van der Waals surface area contributed by atoms with Crippen molar-refractivity contribution in [1.29, 1.82) is 0 Å². The first kappa shape index (κ1) is 36.8. The maximum atomic E-state index is 13.4. The SMILES string of the molecule is Cc1c(C#Cc2ccc(CN3CC(COc4cccc5c4C(=O)N(C4CCC(=O)CC4=O)C5=O)C3)cn2)sc2c1C(c1ccc(Cl)cc1)=N[C@@H](C)c1nnc(C)n1-2. The summed E-state index contributed by atoms with van der Waals surface area (Å²) >= 11 is 7.83. The summed E-state index contributed by atoms with van der Waals surface area (Å²) in [5.41, 5.74) is 6.04. The van der Waals surface area contributed by atoms with Gasteiger partial charge in [0.05, 0.1) is 40.8 Å². The van der Waals surface area contributed by atoms with Crippen LogP contribution in [0.25, 0.3) is 5.00 Å². The standard InChI is InChI=1S/C43H36ClN7O5S/c1-23-36(57-43-37(23)39(28-8-10-29(44)11-9-28)46-24(2)40-48-47-25(3)50(40)43)16-13-30-12-7-26(18-45-30)19-49-20-27(21-49)22-56-35-6-4-5-32-38(35)42(55)51(41(32)54)33-15-14-31(52)17-34(33)53/h4-12,18,24,27,33H,14-15,17,19-22H2,1-3H3/t24-,33?/m0/s1. The molecule has 57 heavy (non-hydrogen) atoms. The van der Waals surface area contributed by atoms with Crippen LogP contribution in [0.3, 0.4) is 0 Å². The number of nitrogens with zero attached hydrogens (tertiary/aromatic N) is 7. The number of amides is 2. The van der Waals surface area contributed by atoms with E-state index in [1.807, 2.05) is 56.4 Å². The highest BCUT2D eigenvalue weighted by Gasteiger charge is 2.46. The Labute approximate surface area is 337 Å². The second-order valence-electron chi connectivity index (χ2n) is 14.9. The number of aliphatic imine (C=N–C) groups is 1. The Balaban J connectivity index is 0.839. The molecular weight excluding hydrogens is 762 g/mol.